The first-order valence-electron chi connectivity index (χ1n) is 11.3. The lowest BCUT2D eigenvalue weighted by molar-refractivity contribution is 0.195. The summed E-state index contributed by atoms with van der Waals surface area (Å²) in [5.41, 5.74) is 6.02. The van der Waals surface area contributed by atoms with Gasteiger partial charge in [-0.15, -0.1) is 0 Å². The monoisotopic (exact) mass is 397 g/mol. The van der Waals surface area contributed by atoms with Crippen LogP contribution in [0, 0.1) is 10.8 Å². The number of aromatic nitrogens is 1. The molecule has 0 aliphatic rings. The van der Waals surface area contributed by atoms with Crippen LogP contribution >= 0.6 is 0 Å². The standard InChI is InChI=1S/C29H35N/c1-28(2,3)21-29(4,5)20-10-11-22-16-18-23(19-17-22)30-26-14-8-6-12-24(26)25-13-7-9-15-27(25)30/h6-9,12-19H,10-11,20-21H2,1-5H3. The van der Waals surface area contributed by atoms with Crippen molar-refractivity contribution < 1.29 is 0 Å². The van der Waals surface area contributed by atoms with Crippen LogP contribution in [0.5, 0.6) is 0 Å². The van der Waals surface area contributed by atoms with E-state index in [0.29, 0.717) is 10.8 Å². The number of hydrogen-bond donors (Lipinski definition) is 0. The van der Waals surface area contributed by atoms with Gasteiger partial charge in [-0.3, -0.25) is 0 Å². The summed E-state index contributed by atoms with van der Waals surface area (Å²) >= 11 is 0. The molecule has 1 aromatic heterocycles. The summed E-state index contributed by atoms with van der Waals surface area (Å²) in [7, 11) is 0. The molecule has 30 heavy (non-hydrogen) atoms. The van der Waals surface area contributed by atoms with E-state index in [9.17, 15) is 0 Å². The van der Waals surface area contributed by atoms with E-state index in [4.69, 9.17) is 0 Å². The fraction of sp³-hybridized carbons (Fsp3) is 0.379. The van der Waals surface area contributed by atoms with Crippen molar-refractivity contribution >= 4 is 21.8 Å². The van der Waals surface area contributed by atoms with Crippen molar-refractivity contribution in [2.75, 3.05) is 0 Å². The Balaban J connectivity index is 1.53. The number of benzene rings is 3. The number of aryl methyl sites for hydroxylation is 1. The Morgan fingerprint density at radius 1 is 0.667 bits per heavy atom. The first-order valence-corrected chi connectivity index (χ1v) is 11.3. The topological polar surface area (TPSA) is 4.93 Å². The average Bonchev–Trinajstić information content (AvgIpc) is 3.01. The lowest BCUT2D eigenvalue weighted by atomic mass is 9.73. The van der Waals surface area contributed by atoms with Gasteiger partial charge in [0.15, 0.2) is 0 Å². The van der Waals surface area contributed by atoms with E-state index >= 15 is 0 Å². The van der Waals surface area contributed by atoms with Gasteiger partial charge in [0, 0.05) is 16.5 Å². The first kappa shape index (κ1) is 20.7. The molecular formula is C29H35N. The molecule has 3 aromatic carbocycles. The molecule has 156 valence electrons. The molecule has 1 nitrogen and oxygen atoms in total. The Labute approximate surface area is 181 Å². The zero-order valence-corrected chi connectivity index (χ0v) is 19.2. The van der Waals surface area contributed by atoms with Crippen LogP contribution in [0.3, 0.4) is 0 Å². The van der Waals surface area contributed by atoms with Crippen molar-refractivity contribution in [3.8, 4) is 5.69 Å². The van der Waals surface area contributed by atoms with E-state index in [-0.39, 0.29) is 0 Å². The van der Waals surface area contributed by atoms with Gasteiger partial charge in [-0.25, -0.2) is 0 Å². The van der Waals surface area contributed by atoms with Crippen molar-refractivity contribution in [1.82, 2.24) is 4.57 Å². The van der Waals surface area contributed by atoms with Gasteiger partial charge in [0.2, 0.25) is 0 Å². The minimum Gasteiger partial charge on any atom is -0.309 e. The van der Waals surface area contributed by atoms with Crippen LogP contribution in [-0.4, -0.2) is 4.57 Å². The molecule has 1 heterocycles. The van der Waals surface area contributed by atoms with Gasteiger partial charge in [0.25, 0.3) is 0 Å². The van der Waals surface area contributed by atoms with Crippen LogP contribution in [0.25, 0.3) is 27.5 Å². The molecule has 0 N–H and O–H groups in total. The first-order chi connectivity index (χ1) is 14.2. The highest BCUT2D eigenvalue weighted by Gasteiger charge is 2.24. The second kappa shape index (κ2) is 7.95. The third kappa shape index (κ3) is 4.46. The maximum absolute atomic E-state index is 2.42. The molecule has 0 unspecified atom stereocenters. The van der Waals surface area contributed by atoms with Crippen LogP contribution in [0.4, 0.5) is 0 Å². The van der Waals surface area contributed by atoms with Gasteiger partial charge in [0.05, 0.1) is 11.0 Å². The average molecular weight is 398 g/mol. The molecule has 0 amide bonds. The highest BCUT2D eigenvalue weighted by molar-refractivity contribution is 6.09. The normalized spacial score (nSPS) is 12.7. The second-order valence-corrected chi connectivity index (χ2v) is 10.8. The fourth-order valence-electron chi connectivity index (χ4n) is 5.31. The van der Waals surface area contributed by atoms with Gasteiger partial charge in [0.1, 0.15) is 0 Å². The van der Waals surface area contributed by atoms with Crippen molar-refractivity contribution in [3.05, 3.63) is 78.4 Å². The molecule has 4 aromatic rings. The molecule has 0 aliphatic heterocycles. The van der Waals surface area contributed by atoms with Crippen molar-refractivity contribution in [3.63, 3.8) is 0 Å². The van der Waals surface area contributed by atoms with Gasteiger partial charge in [-0.2, -0.15) is 0 Å². The highest BCUT2D eigenvalue weighted by atomic mass is 15.0. The molecule has 0 aliphatic carbocycles. The van der Waals surface area contributed by atoms with Crippen LogP contribution < -0.4 is 0 Å². The molecule has 0 radical (unpaired) electrons. The summed E-state index contributed by atoms with van der Waals surface area (Å²) in [5, 5.41) is 2.64. The summed E-state index contributed by atoms with van der Waals surface area (Å²) in [4.78, 5) is 0. The quantitative estimate of drug-likeness (QED) is 0.307. The maximum Gasteiger partial charge on any atom is 0.0541 e. The lowest BCUT2D eigenvalue weighted by Gasteiger charge is -2.32. The molecule has 0 fully saturated rings. The smallest absolute Gasteiger partial charge is 0.0541 e. The Hall–Kier alpha value is -2.54. The molecule has 1 heteroatoms. The minimum atomic E-state index is 0.396. The predicted octanol–water partition coefficient (Wildman–Crippen LogP) is 8.57. The molecule has 4 rings (SSSR count). The SMILES string of the molecule is CC(C)(C)CC(C)(C)CCCc1ccc(-n2c3ccccc3c3ccccc32)cc1. The molecule has 0 saturated heterocycles. The molecule has 0 atom stereocenters. The Bertz CT molecular complexity index is 1080. The molecular weight excluding hydrogens is 362 g/mol. The largest absolute Gasteiger partial charge is 0.309 e. The summed E-state index contributed by atoms with van der Waals surface area (Å²) in [5.74, 6) is 0. The van der Waals surface area contributed by atoms with Crippen molar-refractivity contribution in [1.29, 1.82) is 0 Å². The van der Waals surface area contributed by atoms with Crippen LogP contribution in [-0.2, 0) is 6.42 Å². The molecule has 0 spiro atoms. The third-order valence-corrected chi connectivity index (χ3v) is 6.10. The summed E-state index contributed by atoms with van der Waals surface area (Å²) in [6, 6.07) is 26.6. The summed E-state index contributed by atoms with van der Waals surface area (Å²) in [6.45, 7) is 11.9. The number of nitrogens with zero attached hydrogens (tertiary/aromatic N) is 1. The van der Waals surface area contributed by atoms with Crippen LogP contribution in [0.1, 0.15) is 59.4 Å². The number of hydrogen-bond acceptors (Lipinski definition) is 0. The second-order valence-electron chi connectivity index (χ2n) is 10.8. The third-order valence-electron chi connectivity index (χ3n) is 6.10. The van der Waals surface area contributed by atoms with E-state index in [2.05, 4.69) is 112 Å². The highest BCUT2D eigenvalue weighted by Crippen LogP contribution is 2.37. The van der Waals surface area contributed by atoms with Crippen molar-refractivity contribution in [2.24, 2.45) is 10.8 Å². The number of rotatable bonds is 6. The lowest BCUT2D eigenvalue weighted by Crippen LogP contribution is -2.20. The Morgan fingerprint density at radius 3 is 1.73 bits per heavy atom. The van der Waals surface area contributed by atoms with E-state index in [1.54, 1.807) is 0 Å². The molecule has 0 bridgehead atoms. The van der Waals surface area contributed by atoms with E-state index in [1.807, 2.05) is 0 Å². The Kier molecular flexibility index (Phi) is 5.49. The zero-order valence-electron chi connectivity index (χ0n) is 19.2. The molecule has 0 saturated carbocycles. The van der Waals surface area contributed by atoms with Crippen LogP contribution in [0.2, 0.25) is 0 Å². The minimum absolute atomic E-state index is 0.396. The van der Waals surface area contributed by atoms with Gasteiger partial charge in [-0.05, 0) is 66.3 Å². The van der Waals surface area contributed by atoms with E-state index < -0.39 is 0 Å². The fourth-order valence-corrected chi connectivity index (χ4v) is 5.31. The summed E-state index contributed by atoms with van der Waals surface area (Å²) < 4.78 is 2.39. The van der Waals surface area contributed by atoms with Gasteiger partial charge >= 0.3 is 0 Å². The van der Waals surface area contributed by atoms with E-state index in [1.165, 1.54) is 52.3 Å². The van der Waals surface area contributed by atoms with Crippen LogP contribution in [0.15, 0.2) is 72.8 Å². The summed E-state index contributed by atoms with van der Waals surface area (Å²) in [6.07, 6.45) is 4.95. The van der Waals surface area contributed by atoms with Gasteiger partial charge in [-0.1, -0.05) is 83.1 Å². The Morgan fingerprint density at radius 2 is 1.20 bits per heavy atom. The van der Waals surface area contributed by atoms with Gasteiger partial charge < -0.3 is 4.57 Å². The zero-order chi connectivity index (χ0) is 21.4. The van der Waals surface area contributed by atoms with Crippen molar-refractivity contribution in [2.45, 2.75) is 60.3 Å². The van der Waals surface area contributed by atoms with E-state index in [0.717, 1.165) is 6.42 Å². The maximum atomic E-state index is 2.42. The number of para-hydroxylation sites is 2. The predicted molar refractivity (Wildman–Crippen MR) is 132 cm³/mol. The number of fused-ring (bicyclic) bond motifs is 3.